The van der Waals surface area contributed by atoms with E-state index < -0.39 is 52.8 Å². The van der Waals surface area contributed by atoms with E-state index in [-0.39, 0.29) is 22.3 Å². The molecule has 0 aliphatic heterocycles. The highest BCUT2D eigenvalue weighted by Gasteiger charge is 2.39. The predicted octanol–water partition coefficient (Wildman–Crippen LogP) is 12.0. The summed E-state index contributed by atoms with van der Waals surface area (Å²) in [5, 5.41) is 0. The molecule has 0 N–H and O–H groups in total. The molecule has 0 amide bonds. The molecule has 5 rings (SSSR count). The van der Waals surface area contributed by atoms with Gasteiger partial charge in [-0.15, -0.1) is 13.2 Å². The summed E-state index contributed by atoms with van der Waals surface area (Å²) in [6.45, 7) is 2.14. The van der Waals surface area contributed by atoms with Crippen molar-refractivity contribution in [3.8, 4) is 44.9 Å². The number of ether oxygens (including phenoxy) is 2. The van der Waals surface area contributed by atoms with Gasteiger partial charge in [0.1, 0.15) is 17.1 Å². The Morgan fingerprint density at radius 2 is 1.15 bits per heavy atom. The van der Waals surface area contributed by atoms with Gasteiger partial charge < -0.3 is 9.47 Å². The van der Waals surface area contributed by atoms with Crippen LogP contribution in [0.5, 0.6) is 11.5 Å². The molecule has 0 heterocycles. The fourth-order valence-corrected chi connectivity index (χ4v) is 5.15. The lowest BCUT2D eigenvalue weighted by molar-refractivity contribution is -0.275. The van der Waals surface area contributed by atoms with Gasteiger partial charge in [0.2, 0.25) is 0 Å². The fraction of sp³-hybridized carbons (Fsp3) is 0.189. The lowest BCUT2D eigenvalue weighted by atomic mass is 9.97. The molecule has 0 fully saturated rings. The van der Waals surface area contributed by atoms with Gasteiger partial charge in [-0.05, 0) is 71.0 Å². The van der Waals surface area contributed by atoms with Crippen molar-refractivity contribution in [3.63, 3.8) is 0 Å². The van der Waals surface area contributed by atoms with E-state index in [0.717, 1.165) is 61.1 Å². The second-order valence-electron chi connectivity index (χ2n) is 11.0. The molecule has 0 aromatic heterocycles. The maximum absolute atomic E-state index is 15.1. The summed E-state index contributed by atoms with van der Waals surface area (Å²) in [4.78, 5) is 0. The molecule has 11 heteroatoms. The first kappa shape index (κ1) is 34.4. The van der Waals surface area contributed by atoms with Gasteiger partial charge in [-0.1, -0.05) is 80.4 Å². The van der Waals surface area contributed by atoms with Crippen LogP contribution in [-0.2, 0) is 12.5 Å². The molecular formula is C37H27F9O2. The minimum absolute atomic E-state index is 0.231. The van der Waals surface area contributed by atoms with E-state index in [1.807, 2.05) is 24.3 Å². The Bertz CT molecular complexity index is 1880. The molecule has 0 unspecified atom stereocenters. The summed E-state index contributed by atoms with van der Waals surface area (Å²) in [7, 11) is 0. The summed E-state index contributed by atoms with van der Waals surface area (Å²) in [5.74, 6) is -8.00. The molecule has 0 aliphatic rings. The van der Waals surface area contributed by atoms with Crippen LogP contribution in [0, 0.1) is 23.3 Å². The maximum Gasteiger partial charge on any atom is 0.573 e. The lowest BCUT2D eigenvalue weighted by Gasteiger charge is -2.20. The summed E-state index contributed by atoms with van der Waals surface area (Å²) in [6, 6.07) is 20.6. The topological polar surface area (TPSA) is 18.5 Å². The molecule has 2 nitrogen and oxygen atoms in total. The highest BCUT2D eigenvalue weighted by Crippen LogP contribution is 2.39. The summed E-state index contributed by atoms with van der Waals surface area (Å²) in [5.41, 5.74) is 0.907. The second-order valence-corrected chi connectivity index (χ2v) is 11.0. The van der Waals surface area contributed by atoms with E-state index in [9.17, 15) is 22.0 Å². The SMILES string of the molecule is CCCCCc1ccc(-c2ccc(-c3ccc(C(F)(F)Oc4ccc(-c5ccc(OC(F)(F)F)c(F)c5)c(F)c4)c(F)c3F)cc2)cc1. The molecule has 0 aliphatic carbocycles. The summed E-state index contributed by atoms with van der Waals surface area (Å²) in [6.07, 6.45) is -5.24. The Balaban J connectivity index is 1.31. The standard InChI is InChI=1S/C37H27F9O2/c1-2-3-4-5-22-6-8-23(9-7-22)24-10-12-25(13-11-24)29-17-18-30(35(41)34(29)40)36(42,43)47-27-15-16-28(31(38)21-27)26-14-19-33(32(39)20-26)48-37(44,45)46/h6-21H,2-5H2,1H3. The van der Waals surface area contributed by atoms with Crippen molar-refractivity contribution < 1.29 is 49.0 Å². The molecule has 0 bridgehead atoms. The summed E-state index contributed by atoms with van der Waals surface area (Å²) >= 11 is 0. The van der Waals surface area contributed by atoms with E-state index in [2.05, 4.69) is 16.4 Å². The molecule has 48 heavy (non-hydrogen) atoms. The highest BCUT2D eigenvalue weighted by atomic mass is 19.4. The number of alkyl halides is 5. The van der Waals surface area contributed by atoms with Gasteiger partial charge in [0.05, 0.1) is 0 Å². The van der Waals surface area contributed by atoms with E-state index >= 15 is 17.6 Å². The van der Waals surface area contributed by atoms with Crippen molar-refractivity contribution in [2.75, 3.05) is 0 Å². The Hall–Kier alpha value is -4.93. The van der Waals surface area contributed by atoms with Crippen LogP contribution >= 0.6 is 0 Å². The van der Waals surface area contributed by atoms with E-state index in [1.165, 1.54) is 5.56 Å². The number of rotatable bonds is 11. The monoisotopic (exact) mass is 674 g/mol. The summed E-state index contributed by atoms with van der Waals surface area (Å²) < 4.78 is 134. The first-order chi connectivity index (χ1) is 22.8. The van der Waals surface area contributed by atoms with Crippen LogP contribution in [0.25, 0.3) is 33.4 Å². The number of hydrogen-bond acceptors (Lipinski definition) is 2. The smallest absolute Gasteiger partial charge is 0.429 e. The number of unbranched alkanes of at least 4 members (excludes halogenated alkanes) is 2. The second kappa shape index (κ2) is 14.0. The van der Waals surface area contributed by atoms with Crippen molar-refractivity contribution >= 4 is 0 Å². The van der Waals surface area contributed by atoms with Gasteiger partial charge >= 0.3 is 12.5 Å². The van der Waals surface area contributed by atoms with Gasteiger partial charge in [0.25, 0.3) is 0 Å². The molecule has 5 aromatic rings. The zero-order valence-electron chi connectivity index (χ0n) is 25.3. The largest absolute Gasteiger partial charge is 0.573 e. The third-order valence-corrected chi connectivity index (χ3v) is 7.60. The Morgan fingerprint density at radius 3 is 1.75 bits per heavy atom. The zero-order valence-corrected chi connectivity index (χ0v) is 25.3. The first-order valence-corrected chi connectivity index (χ1v) is 14.9. The van der Waals surface area contributed by atoms with Gasteiger partial charge in [-0.3, -0.25) is 0 Å². The van der Waals surface area contributed by atoms with Crippen molar-refractivity contribution in [3.05, 3.63) is 131 Å². The quantitative estimate of drug-likeness (QED) is 0.103. The maximum atomic E-state index is 15.1. The average molecular weight is 675 g/mol. The van der Waals surface area contributed by atoms with Gasteiger partial charge in [0, 0.05) is 17.2 Å². The van der Waals surface area contributed by atoms with Crippen molar-refractivity contribution in [2.24, 2.45) is 0 Å². The Labute approximate surface area is 270 Å². The molecule has 0 saturated carbocycles. The lowest BCUT2D eigenvalue weighted by Crippen LogP contribution is -2.24. The molecule has 0 radical (unpaired) electrons. The van der Waals surface area contributed by atoms with Gasteiger partial charge in [0.15, 0.2) is 23.2 Å². The number of aryl methyl sites for hydroxylation is 1. The van der Waals surface area contributed by atoms with Crippen LogP contribution < -0.4 is 9.47 Å². The minimum atomic E-state index is -5.16. The third kappa shape index (κ3) is 7.95. The fourth-order valence-electron chi connectivity index (χ4n) is 5.15. The molecule has 0 saturated heterocycles. The van der Waals surface area contributed by atoms with Crippen LogP contribution in [0.1, 0.15) is 37.3 Å². The van der Waals surface area contributed by atoms with Gasteiger partial charge in [-0.25, -0.2) is 17.6 Å². The predicted molar refractivity (Wildman–Crippen MR) is 163 cm³/mol. The molecule has 250 valence electrons. The van der Waals surface area contributed by atoms with Crippen LogP contribution in [0.3, 0.4) is 0 Å². The van der Waals surface area contributed by atoms with E-state index in [0.29, 0.717) is 24.3 Å². The minimum Gasteiger partial charge on any atom is -0.429 e. The van der Waals surface area contributed by atoms with Crippen molar-refractivity contribution in [1.29, 1.82) is 0 Å². The zero-order chi connectivity index (χ0) is 34.6. The van der Waals surface area contributed by atoms with Crippen LogP contribution in [0.2, 0.25) is 0 Å². The number of hydrogen-bond donors (Lipinski definition) is 0. The van der Waals surface area contributed by atoms with Crippen LogP contribution in [0.15, 0.2) is 97.1 Å². The van der Waals surface area contributed by atoms with Crippen molar-refractivity contribution in [1.82, 2.24) is 0 Å². The molecule has 0 atom stereocenters. The van der Waals surface area contributed by atoms with Crippen molar-refractivity contribution in [2.45, 2.75) is 45.1 Å². The van der Waals surface area contributed by atoms with Gasteiger partial charge in [-0.2, -0.15) is 8.78 Å². The van der Waals surface area contributed by atoms with E-state index in [1.54, 1.807) is 24.3 Å². The molecular weight excluding hydrogens is 647 g/mol. The Kier molecular flexibility index (Phi) is 10.1. The average Bonchev–Trinajstić information content (AvgIpc) is 3.03. The van der Waals surface area contributed by atoms with Crippen LogP contribution in [-0.4, -0.2) is 6.36 Å². The van der Waals surface area contributed by atoms with E-state index in [4.69, 9.17) is 0 Å². The first-order valence-electron chi connectivity index (χ1n) is 14.9. The Morgan fingerprint density at radius 1 is 0.542 bits per heavy atom. The highest BCUT2D eigenvalue weighted by molar-refractivity contribution is 5.71. The third-order valence-electron chi connectivity index (χ3n) is 7.60. The number of halogens is 9. The normalized spacial score (nSPS) is 11.9. The van der Waals surface area contributed by atoms with Crippen LogP contribution in [0.4, 0.5) is 39.5 Å². The number of benzene rings is 5. The molecule has 5 aromatic carbocycles. The molecule has 0 spiro atoms.